The lowest BCUT2D eigenvalue weighted by Gasteiger charge is -2.24. The number of hydrogen-bond acceptors (Lipinski definition) is 3. The van der Waals surface area contributed by atoms with Crippen LogP contribution in [0.5, 0.6) is 5.75 Å². The topological polar surface area (TPSA) is 55.9 Å². The molecule has 0 atom stereocenters. The quantitative estimate of drug-likeness (QED) is 0.126. The molecule has 308 valence electrons. The number of imidazole rings is 2. The van der Waals surface area contributed by atoms with Crippen LogP contribution in [-0.4, -0.2) is 24.2 Å². The average molecular weight is 803 g/mol. The maximum absolute atomic E-state index is 12.0. The zero-order chi connectivity index (χ0) is 42.8. The third-order valence-electron chi connectivity index (χ3n) is 12.0. The fourth-order valence-corrected chi connectivity index (χ4v) is 8.77. The van der Waals surface area contributed by atoms with Gasteiger partial charge in [0.05, 0.1) is 16.9 Å². The van der Waals surface area contributed by atoms with E-state index in [1.54, 1.807) is 0 Å². The number of benzene rings is 6. The van der Waals surface area contributed by atoms with Crippen molar-refractivity contribution in [3.8, 4) is 62.2 Å². The number of phenols is 1. The zero-order valence-corrected chi connectivity index (χ0v) is 36.9. The van der Waals surface area contributed by atoms with Gasteiger partial charge in [-0.05, 0) is 129 Å². The third kappa shape index (κ3) is 8.35. The zero-order valence-electron chi connectivity index (χ0n) is 36.9. The molecule has 0 radical (unpaired) electrons. The highest BCUT2D eigenvalue weighted by Crippen LogP contribution is 2.41. The predicted octanol–water partition coefficient (Wildman–Crippen LogP) is 14.7. The largest absolute Gasteiger partial charge is 0.507 e. The first-order chi connectivity index (χ1) is 29.5. The molecule has 0 saturated heterocycles. The maximum atomic E-state index is 12.0. The molecular weight excluding hydrogens is 745 g/mol. The Balaban J connectivity index is 1.11. The molecule has 1 N–H and O–H groups in total. The molecule has 0 fully saturated rings. The molecule has 0 spiro atoms. The van der Waals surface area contributed by atoms with Gasteiger partial charge in [-0.15, -0.1) is 0 Å². The lowest BCUT2D eigenvalue weighted by Crippen LogP contribution is -2.09. The van der Waals surface area contributed by atoms with E-state index in [1.807, 2.05) is 36.8 Å². The summed E-state index contributed by atoms with van der Waals surface area (Å²) >= 11 is 0. The van der Waals surface area contributed by atoms with Crippen molar-refractivity contribution in [2.75, 3.05) is 0 Å². The fraction of sp³-hybridized carbons (Fsp3) is 0.250. The van der Waals surface area contributed by atoms with Crippen LogP contribution < -0.4 is 0 Å². The predicted molar refractivity (Wildman–Crippen MR) is 254 cm³/mol. The summed E-state index contributed by atoms with van der Waals surface area (Å²) in [6, 6.07) is 45.5. The molecule has 2 heterocycles. The molecule has 8 aromatic rings. The van der Waals surface area contributed by atoms with E-state index in [0.717, 1.165) is 40.4 Å². The van der Waals surface area contributed by atoms with E-state index in [0.29, 0.717) is 18.3 Å². The van der Waals surface area contributed by atoms with Gasteiger partial charge in [-0.25, -0.2) is 9.97 Å². The molecule has 61 heavy (non-hydrogen) atoms. The van der Waals surface area contributed by atoms with Crippen LogP contribution in [-0.2, 0) is 12.8 Å². The van der Waals surface area contributed by atoms with E-state index in [2.05, 4.69) is 180 Å². The summed E-state index contributed by atoms with van der Waals surface area (Å²) in [5.41, 5.74) is 16.3. The van der Waals surface area contributed by atoms with Crippen LogP contribution >= 0.6 is 0 Å². The van der Waals surface area contributed by atoms with Gasteiger partial charge in [0.15, 0.2) is 0 Å². The van der Waals surface area contributed by atoms with Crippen molar-refractivity contribution in [3.63, 3.8) is 0 Å². The van der Waals surface area contributed by atoms with Gasteiger partial charge in [0.2, 0.25) is 0 Å². The maximum Gasteiger partial charge on any atom is 0.148 e. The number of hydrogen-bond donors (Lipinski definition) is 1. The Morgan fingerprint density at radius 1 is 0.443 bits per heavy atom. The van der Waals surface area contributed by atoms with Gasteiger partial charge in [-0.1, -0.05) is 146 Å². The molecular formula is C56H58N4O. The van der Waals surface area contributed by atoms with Crippen molar-refractivity contribution < 1.29 is 5.11 Å². The first-order valence-electron chi connectivity index (χ1n) is 21.9. The highest BCUT2D eigenvalue weighted by molar-refractivity contribution is 5.74. The number of nitrogens with zero attached hydrogens (tertiary/aromatic N) is 4. The number of aryl methyl sites for hydroxylation is 2. The summed E-state index contributed by atoms with van der Waals surface area (Å²) in [5, 5.41) is 12.0. The smallest absolute Gasteiger partial charge is 0.148 e. The Morgan fingerprint density at radius 2 is 0.885 bits per heavy atom. The van der Waals surface area contributed by atoms with Gasteiger partial charge in [-0.3, -0.25) is 9.13 Å². The minimum Gasteiger partial charge on any atom is -0.507 e. The third-order valence-corrected chi connectivity index (χ3v) is 12.0. The van der Waals surface area contributed by atoms with Crippen LogP contribution in [0.3, 0.4) is 0 Å². The Labute approximate surface area is 362 Å². The summed E-state index contributed by atoms with van der Waals surface area (Å²) in [5.74, 6) is 3.12. The van der Waals surface area contributed by atoms with Gasteiger partial charge in [0, 0.05) is 30.4 Å². The molecule has 5 nitrogen and oxygen atoms in total. The van der Waals surface area contributed by atoms with Crippen molar-refractivity contribution in [2.24, 2.45) is 0 Å². The monoisotopic (exact) mass is 802 g/mol. The summed E-state index contributed by atoms with van der Waals surface area (Å²) in [6.07, 6.45) is 9.35. The molecule has 8 rings (SSSR count). The molecule has 0 amide bonds. The van der Waals surface area contributed by atoms with Gasteiger partial charge in [-0.2, -0.15) is 0 Å². The van der Waals surface area contributed by atoms with E-state index in [9.17, 15) is 5.11 Å². The Morgan fingerprint density at radius 3 is 1.38 bits per heavy atom. The summed E-state index contributed by atoms with van der Waals surface area (Å²) in [4.78, 5) is 9.84. The molecule has 0 aliphatic heterocycles. The van der Waals surface area contributed by atoms with Gasteiger partial charge >= 0.3 is 0 Å². The van der Waals surface area contributed by atoms with E-state index in [-0.39, 0.29) is 17.6 Å². The minimum atomic E-state index is 0.273. The Hall–Kier alpha value is -6.46. The summed E-state index contributed by atoms with van der Waals surface area (Å²) in [6.45, 7) is 18.1. The molecule has 0 saturated carbocycles. The molecule has 2 aromatic heterocycles. The van der Waals surface area contributed by atoms with Crippen LogP contribution in [0.2, 0.25) is 0 Å². The number of para-hydroxylation sites is 1. The van der Waals surface area contributed by atoms with Gasteiger partial charge in [0.1, 0.15) is 17.4 Å². The molecule has 5 heteroatoms. The SMILES string of the molecule is CC(C)c1cc(-c2ccccc2)cc(C(C)C)c1-n1ccnc1-c1cccc(CCc2cccc(-c3nccn3-c3c(C(C)C)cc(-c4ccccc4)cc3C(C)C)c2O)c1. The van der Waals surface area contributed by atoms with Crippen molar-refractivity contribution >= 4 is 0 Å². The average Bonchev–Trinajstić information content (AvgIpc) is 3.97. The Bertz CT molecular complexity index is 2710. The normalized spacial score (nSPS) is 11.7. The van der Waals surface area contributed by atoms with Crippen LogP contribution in [0.4, 0.5) is 0 Å². The standard InChI is InChI=1S/C56H58N4O/c1-36(2)48-32-45(41-18-11-9-12-19-41)33-49(37(3)4)52(48)59-29-27-57-55(59)44-23-15-17-40(31-44)25-26-43-22-16-24-47(54(43)61)56-58-28-30-60(56)53-50(38(5)6)34-46(35-51(53)39(7)8)42-20-13-10-14-21-42/h9-24,27-39,61H,25-26H2,1-8H3. The van der Waals surface area contributed by atoms with Crippen molar-refractivity contribution in [2.45, 2.75) is 91.9 Å². The van der Waals surface area contributed by atoms with Gasteiger partial charge in [0.25, 0.3) is 0 Å². The molecule has 0 bridgehead atoms. The molecule has 0 aliphatic rings. The highest BCUT2D eigenvalue weighted by Gasteiger charge is 2.24. The number of phenolic OH excluding ortho intramolecular Hbond substituents is 1. The fourth-order valence-electron chi connectivity index (χ4n) is 8.77. The van der Waals surface area contributed by atoms with E-state index >= 15 is 0 Å². The summed E-state index contributed by atoms with van der Waals surface area (Å²) < 4.78 is 4.48. The lowest BCUT2D eigenvalue weighted by molar-refractivity contribution is 0.469. The second kappa shape index (κ2) is 17.6. The lowest BCUT2D eigenvalue weighted by atomic mass is 9.88. The number of aromatic hydroxyl groups is 1. The summed E-state index contributed by atoms with van der Waals surface area (Å²) in [7, 11) is 0. The van der Waals surface area contributed by atoms with E-state index in [4.69, 9.17) is 9.97 Å². The van der Waals surface area contributed by atoms with Crippen molar-refractivity contribution in [1.29, 1.82) is 0 Å². The number of aromatic nitrogens is 4. The van der Waals surface area contributed by atoms with Crippen LogP contribution in [0.15, 0.2) is 152 Å². The first-order valence-corrected chi connectivity index (χ1v) is 21.9. The highest BCUT2D eigenvalue weighted by atomic mass is 16.3. The van der Waals surface area contributed by atoms with Crippen molar-refractivity contribution in [1.82, 2.24) is 19.1 Å². The molecule has 0 unspecified atom stereocenters. The van der Waals surface area contributed by atoms with Crippen LogP contribution in [0.1, 0.15) is 112 Å². The van der Waals surface area contributed by atoms with Gasteiger partial charge < -0.3 is 5.11 Å². The van der Waals surface area contributed by atoms with Crippen LogP contribution in [0, 0.1) is 0 Å². The second-order valence-electron chi connectivity index (χ2n) is 17.6. The first kappa shape index (κ1) is 41.3. The Kier molecular flexibility index (Phi) is 11.9. The minimum absolute atomic E-state index is 0.273. The number of rotatable bonds is 13. The molecule has 0 aliphatic carbocycles. The van der Waals surface area contributed by atoms with Crippen molar-refractivity contribution in [3.05, 3.63) is 186 Å². The van der Waals surface area contributed by atoms with Crippen LogP contribution in [0.25, 0.3) is 56.4 Å². The van der Waals surface area contributed by atoms with E-state index < -0.39 is 0 Å². The van der Waals surface area contributed by atoms with E-state index in [1.165, 1.54) is 55.8 Å². The second-order valence-corrected chi connectivity index (χ2v) is 17.6. The molecule has 6 aromatic carbocycles.